The van der Waals surface area contributed by atoms with Crippen LogP contribution in [0.1, 0.15) is 32.6 Å². The fourth-order valence-corrected chi connectivity index (χ4v) is 2.37. The molecule has 1 aromatic rings. The van der Waals surface area contributed by atoms with Crippen LogP contribution in [0.2, 0.25) is 0 Å². The van der Waals surface area contributed by atoms with Crippen molar-refractivity contribution in [2.75, 3.05) is 13.2 Å². The maximum atomic E-state index is 13.3. The van der Waals surface area contributed by atoms with Crippen LogP contribution in [-0.2, 0) is 0 Å². The van der Waals surface area contributed by atoms with Gasteiger partial charge in [-0.15, -0.1) is 0 Å². The van der Waals surface area contributed by atoms with E-state index in [0.29, 0.717) is 5.56 Å². The van der Waals surface area contributed by atoms with Crippen LogP contribution in [0.4, 0.5) is 18.9 Å². The normalized spacial score (nSPS) is 18.2. The molecular weight excluding hydrogens is 363 g/mol. The first-order valence-corrected chi connectivity index (χ1v) is 8.21. The minimum Gasteiger partial charge on any atom is -0.395 e. The van der Waals surface area contributed by atoms with E-state index in [4.69, 9.17) is 10.5 Å². The van der Waals surface area contributed by atoms with Crippen LogP contribution in [0.25, 0.3) is 0 Å². The average Bonchev–Trinajstić information content (AvgIpc) is 2.90. The largest absolute Gasteiger partial charge is 0.437 e. The van der Waals surface area contributed by atoms with Gasteiger partial charge in [0, 0.05) is 6.54 Å². The van der Waals surface area contributed by atoms with Gasteiger partial charge in [-0.1, -0.05) is 12.1 Å². The average molecular weight is 385 g/mol. The lowest BCUT2D eigenvalue weighted by atomic mass is 10.1. The number of alkyl halides is 3. The van der Waals surface area contributed by atoms with Gasteiger partial charge in [-0.2, -0.15) is 18.3 Å². The van der Waals surface area contributed by atoms with Crippen molar-refractivity contribution >= 4 is 22.9 Å². The van der Waals surface area contributed by atoms with Crippen LogP contribution in [0.15, 0.2) is 34.4 Å². The van der Waals surface area contributed by atoms with E-state index in [9.17, 15) is 18.3 Å². The third kappa shape index (κ3) is 4.90. The summed E-state index contributed by atoms with van der Waals surface area (Å²) in [6.45, 7) is 5.00. The second-order valence-electron chi connectivity index (χ2n) is 6.91. The second kappa shape index (κ2) is 7.75. The van der Waals surface area contributed by atoms with Crippen LogP contribution < -0.4 is 5.32 Å². The molecule has 0 spiro atoms. The van der Waals surface area contributed by atoms with E-state index < -0.39 is 35.2 Å². The molecule has 1 atom stereocenters. The van der Waals surface area contributed by atoms with Crippen LogP contribution in [-0.4, -0.2) is 57.3 Å². The number of rotatable bonds is 5. The van der Waals surface area contributed by atoms with Gasteiger partial charge in [-0.05, 0) is 38.5 Å². The molecule has 1 aromatic carbocycles. The quantitative estimate of drug-likeness (QED) is 0.584. The first-order valence-electron chi connectivity index (χ1n) is 8.21. The van der Waals surface area contributed by atoms with Crippen molar-refractivity contribution in [3.63, 3.8) is 0 Å². The van der Waals surface area contributed by atoms with E-state index >= 15 is 0 Å². The van der Waals surface area contributed by atoms with Gasteiger partial charge in [0.25, 0.3) is 0 Å². The van der Waals surface area contributed by atoms with E-state index in [2.05, 4.69) is 15.4 Å². The van der Waals surface area contributed by atoms with E-state index in [-0.39, 0.29) is 18.8 Å². The maximum Gasteiger partial charge on any atom is 0.437 e. The Morgan fingerprint density at radius 1 is 1.22 bits per heavy atom. The van der Waals surface area contributed by atoms with Gasteiger partial charge in [0.2, 0.25) is 0 Å². The molecule has 0 amide bonds. The summed E-state index contributed by atoms with van der Waals surface area (Å²) in [4.78, 5) is 3.97. The number of hydrogen-bond acceptors (Lipinski definition) is 6. The molecule has 148 valence electrons. The molecule has 1 heterocycles. The predicted octanol–water partition coefficient (Wildman–Crippen LogP) is 2.34. The molecule has 1 aliphatic heterocycles. The maximum absolute atomic E-state index is 13.3. The van der Waals surface area contributed by atoms with Crippen LogP contribution in [0.5, 0.6) is 0 Å². The highest BCUT2D eigenvalue weighted by atomic mass is 19.4. The van der Waals surface area contributed by atoms with Gasteiger partial charge in [0.1, 0.15) is 11.9 Å². The van der Waals surface area contributed by atoms with Crippen LogP contribution >= 0.6 is 0 Å². The predicted molar refractivity (Wildman–Crippen MR) is 96.4 cm³/mol. The number of aliphatic hydroxyl groups is 2. The lowest BCUT2D eigenvalue weighted by molar-refractivity contribution is -0.0573. The number of amidine groups is 1. The molecule has 0 bridgehead atoms. The molecule has 0 saturated carbocycles. The minimum absolute atomic E-state index is 0.144. The Kier molecular flexibility index (Phi) is 6.03. The van der Waals surface area contributed by atoms with Crippen molar-refractivity contribution in [3.05, 3.63) is 29.8 Å². The molecule has 2 rings (SSSR count). The smallest absolute Gasteiger partial charge is 0.395 e. The van der Waals surface area contributed by atoms with E-state index in [1.165, 1.54) is 24.3 Å². The van der Waals surface area contributed by atoms with Gasteiger partial charge >= 0.3 is 6.18 Å². The Balaban J connectivity index is 2.33. The van der Waals surface area contributed by atoms with Crippen molar-refractivity contribution < 1.29 is 23.4 Å². The molecular formula is C17H22F3N5O2. The van der Waals surface area contributed by atoms with Gasteiger partial charge in [-0.25, -0.2) is 10.0 Å². The van der Waals surface area contributed by atoms with Gasteiger partial charge in [-0.3, -0.25) is 10.7 Å². The number of hydrazone groups is 1. The summed E-state index contributed by atoms with van der Waals surface area (Å²) in [7, 11) is 0. The molecule has 4 N–H and O–H groups in total. The number of benzene rings is 1. The molecule has 1 aliphatic rings. The topological polar surface area (TPSA) is 104 Å². The summed E-state index contributed by atoms with van der Waals surface area (Å²) in [5.74, 6) is -0.427. The Hall–Kier alpha value is -2.30. The molecule has 27 heavy (non-hydrogen) atoms. The third-order valence-electron chi connectivity index (χ3n) is 3.66. The van der Waals surface area contributed by atoms with Gasteiger partial charge < -0.3 is 10.2 Å². The molecule has 0 fully saturated rings. The summed E-state index contributed by atoms with van der Waals surface area (Å²) < 4.78 is 40.0. The van der Waals surface area contributed by atoms with Crippen molar-refractivity contribution in [1.29, 1.82) is 5.41 Å². The summed E-state index contributed by atoms with van der Waals surface area (Å²) in [5.41, 5.74) is -1.91. The number of nitrogens with zero attached hydrogens (tertiary/aromatic N) is 3. The van der Waals surface area contributed by atoms with Crippen molar-refractivity contribution in [1.82, 2.24) is 10.3 Å². The fraction of sp³-hybridized carbons (Fsp3) is 0.471. The van der Waals surface area contributed by atoms with Crippen molar-refractivity contribution in [2.45, 2.75) is 38.7 Å². The number of aliphatic imine (C=N–C) groups is 1. The number of aliphatic hydroxyl groups excluding tert-OH is 2. The number of nitrogens with one attached hydrogen (secondary N) is 2. The Morgan fingerprint density at radius 3 is 2.30 bits per heavy atom. The first kappa shape index (κ1) is 21.0. The van der Waals surface area contributed by atoms with Gasteiger partial charge in [0.05, 0.1) is 17.8 Å². The Bertz CT molecular complexity index is 751. The fourth-order valence-electron chi connectivity index (χ4n) is 2.37. The summed E-state index contributed by atoms with van der Waals surface area (Å²) in [6.07, 6.45) is -5.76. The first-order chi connectivity index (χ1) is 12.4. The summed E-state index contributed by atoms with van der Waals surface area (Å²) in [5, 5.41) is 33.9. The molecule has 0 aliphatic carbocycles. The third-order valence-corrected chi connectivity index (χ3v) is 3.66. The number of hydrogen-bond donors (Lipinski definition) is 4. The van der Waals surface area contributed by atoms with E-state index in [1.54, 1.807) is 20.8 Å². The standard InChI is InChI=1S/C17H22F3N5O2/c1-16(2,3)25-14(21)12(13(24-25)17(18,19)20)23-11-6-4-10(5-7-11)15(27)22-8-9-26/h4-7,15,21-22,26-27H,8-9H2,1-3H3. The molecule has 0 radical (unpaired) electrons. The highest BCUT2D eigenvalue weighted by molar-refractivity contribution is 6.70. The summed E-state index contributed by atoms with van der Waals surface area (Å²) in [6, 6.07) is 5.87. The second-order valence-corrected chi connectivity index (χ2v) is 6.91. The van der Waals surface area contributed by atoms with Crippen molar-refractivity contribution in [3.8, 4) is 0 Å². The van der Waals surface area contributed by atoms with E-state index in [1.807, 2.05) is 0 Å². The van der Waals surface area contributed by atoms with Gasteiger partial charge in [0.15, 0.2) is 11.5 Å². The lowest BCUT2D eigenvalue weighted by Crippen LogP contribution is -2.41. The zero-order valence-corrected chi connectivity index (χ0v) is 15.2. The van der Waals surface area contributed by atoms with Crippen LogP contribution in [0.3, 0.4) is 0 Å². The molecule has 10 heteroatoms. The molecule has 0 aromatic heterocycles. The summed E-state index contributed by atoms with van der Waals surface area (Å²) >= 11 is 0. The monoisotopic (exact) mass is 385 g/mol. The lowest BCUT2D eigenvalue weighted by Gasteiger charge is -2.29. The highest BCUT2D eigenvalue weighted by Crippen LogP contribution is 2.29. The zero-order valence-electron chi connectivity index (χ0n) is 15.2. The highest BCUT2D eigenvalue weighted by Gasteiger charge is 2.48. The Morgan fingerprint density at radius 2 is 1.81 bits per heavy atom. The SMILES string of the molecule is CC(C)(C)N1N=C(C(F)(F)F)C(=Nc2ccc(C(O)NCCO)cc2)C1=N. The Labute approximate surface area is 154 Å². The van der Waals surface area contributed by atoms with Crippen molar-refractivity contribution in [2.24, 2.45) is 10.1 Å². The zero-order chi connectivity index (χ0) is 20.4. The number of halogens is 3. The van der Waals surface area contributed by atoms with Crippen LogP contribution in [0, 0.1) is 5.41 Å². The minimum atomic E-state index is -4.74. The molecule has 0 saturated heterocycles. The molecule has 7 nitrogen and oxygen atoms in total. The molecule has 1 unspecified atom stereocenters. The van der Waals surface area contributed by atoms with E-state index in [0.717, 1.165) is 5.01 Å².